The van der Waals surface area contributed by atoms with E-state index in [0.29, 0.717) is 15.9 Å². The average Bonchev–Trinajstić information content (AvgIpc) is 2.40. The molecule has 0 saturated carbocycles. The largest absolute Gasteiger partial charge is 0.478 e. The summed E-state index contributed by atoms with van der Waals surface area (Å²) in [5, 5.41) is 0. The van der Waals surface area contributed by atoms with E-state index in [2.05, 4.69) is 30.6 Å². The highest BCUT2D eigenvalue weighted by Crippen LogP contribution is 2.24. The Kier molecular flexibility index (Phi) is 4.51. The third-order valence-corrected chi connectivity index (χ3v) is 4.35. The fraction of sp³-hybridized carbons (Fsp3) is 0.182. The highest BCUT2D eigenvalue weighted by molar-refractivity contribution is 9.10. The second-order valence-corrected chi connectivity index (χ2v) is 6.79. The van der Waals surface area contributed by atoms with Crippen LogP contribution < -0.4 is 9.46 Å². The predicted octanol–water partition coefficient (Wildman–Crippen LogP) is 2.20. The monoisotopic (exact) mass is 375 g/mol. The van der Waals surface area contributed by atoms with E-state index in [1.54, 1.807) is 6.08 Å². The number of nitrogens with zero attached hydrogens (tertiary/aromatic N) is 2. The molecule has 20 heavy (non-hydrogen) atoms. The van der Waals surface area contributed by atoms with Crippen molar-refractivity contribution in [2.45, 2.75) is 6.42 Å². The van der Waals surface area contributed by atoms with E-state index < -0.39 is 10.0 Å². The number of aromatic nitrogens is 2. The van der Waals surface area contributed by atoms with Crippen LogP contribution in [0.25, 0.3) is 0 Å². The van der Waals surface area contributed by atoms with Gasteiger partial charge < -0.3 is 4.74 Å². The molecular formula is C11H10BrN3O3S2. The van der Waals surface area contributed by atoms with Gasteiger partial charge in [0.1, 0.15) is 4.60 Å². The first-order valence-corrected chi connectivity index (χ1v) is 8.11. The Morgan fingerprint density at radius 1 is 1.50 bits per heavy atom. The number of hydrogen-bond donors (Lipinski definition) is 1. The van der Waals surface area contributed by atoms with Gasteiger partial charge in [-0.3, -0.25) is 4.72 Å². The molecule has 0 atom stereocenters. The summed E-state index contributed by atoms with van der Waals surface area (Å²) in [6.07, 6.45) is 6.57. The molecule has 0 radical (unpaired) electrons. The van der Waals surface area contributed by atoms with Crippen LogP contribution in [0, 0.1) is 0 Å². The lowest BCUT2D eigenvalue weighted by Gasteiger charge is -2.12. The quantitative estimate of drug-likeness (QED) is 0.812. The van der Waals surface area contributed by atoms with Crippen LogP contribution in [-0.4, -0.2) is 30.4 Å². The van der Waals surface area contributed by atoms with Crippen molar-refractivity contribution >= 4 is 48.9 Å². The van der Waals surface area contributed by atoms with Crippen molar-refractivity contribution in [3.8, 4) is 5.88 Å². The number of hydrogen-bond acceptors (Lipinski definition) is 6. The number of halogens is 1. The van der Waals surface area contributed by atoms with Crippen molar-refractivity contribution in [2.75, 3.05) is 11.8 Å². The predicted molar refractivity (Wildman–Crippen MR) is 83.3 cm³/mol. The minimum Gasteiger partial charge on any atom is -0.478 e. The fourth-order valence-corrected chi connectivity index (χ4v) is 3.12. The fourth-order valence-electron chi connectivity index (χ4n) is 1.47. The Morgan fingerprint density at radius 3 is 2.90 bits per heavy atom. The molecule has 2 rings (SSSR count). The van der Waals surface area contributed by atoms with Crippen LogP contribution in [0.3, 0.4) is 0 Å². The normalized spacial score (nSPS) is 14.9. The van der Waals surface area contributed by atoms with Crippen molar-refractivity contribution in [2.24, 2.45) is 0 Å². The number of rotatable bonds is 4. The molecule has 0 saturated heterocycles. The van der Waals surface area contributed by atoms with Gasteiger partial charge in [0.15, 0.2) is 0 Å². The van der Waals surface area contributed by atoms with Crippen LogP contribution in [0.1, 0.15) is 6.42 Å². The zero-order valence-electron chi connectivity index (χ0n) is 10.3. The van der Waals surface area contributed by atoms with E-state index in [-0.39, 0.29) is 16.6 Å². The summed E-state index contributed by atoms with van der Waals surface area (Å²) in [7, 11) is -2.40. The molecule has 0 fully saturated rings. The van der Waals surface area contributed by atoms with Gasteiger partial charge in [-0.15, -0.1) is 0 Å². The summed E-state index contributed by atoms with van der Waals surface area (Å²) in [6, 6.07) is 0. The highest BCUT2D eigenvalue weighted by atomic mass is 79.9. The van der Waals surface area contributed by atoms with Gasteiger partial charge >= 0.3 is 0 Å². The van der Waals surface area contributed by atoms with Gasteiger partial charge in [-0.1, -0.05) is 18.3 Å². The van der Waals surface area contributed by atoms with Gasteiger partial charge in [0.05, 0.1) is 18.2 Å². The molecule has 0 unspecified atom stereocenters. The molecule has 1 N–H and O–H groups in total. The average molecular weight is 376 g/mol. The van der Waals surface area contributed by atoms with Gasteiger partial charge in [0.2, 0.25) is 5.82 Å². The molecule has 1 aliphatic carbocycles. The van der Waals surface area contributed by atoms with E-state index in [1.165, 1.54) is 25.5 Å². The molecule has 0 spiro atoms. The number of ether oxygens (including phenoxy) is 1. The number of sulfonamides is 1. The minimum atomic E-state index is -3.78. The van der Waals surface area contributed by atoms with Gasteiger partial charge in [-0.2, -0.15) is 0 Å². The third kappa shape index (κ3) is 3.41. The molecule has 9 heteroatoms. The molecule has 1 heterocycles. The Balaban J connectivity index is 2.34. The highest BCUT2D eigenvalue weighted by Gasteiger charge is 2.21. The third-order valence-electron chi connectivity index (χ3n) is 2.35. The van der Waals surface area contributed by atoms with E-state index in [9.17, 15) is 8.42 Å². The summed E-state index contributed by atoms with van der Waals surface area (Å²) < 4.78 is 32.2. The Labute approximate surface area is 130 Å². The number of allylic oxidation sites excluding steroid dienone is 3. The topological polar surface area (TPSA) is 81.2 Å². The van der Waals surface area contributed by atoms with Gasteiger partial charge in [-0.05, 0) is 28.1 Å². The van der Waals surface area contributed by atoms with Crippen molar-refractivity contribution < 1.29 is 13.2 Å². The molecule has 0 aromatic carbocycles. The summed E-state index contributed by atoms with van der Waals surface area (Å²) in [6.45, 7) is 0. The van der Waals surface area contributed by atoms with Crippen LogP contribution in [0.5, 0.6) is 5.88 Å². The van der Waals surface area contributed by atoms with Crippen molar-refractivity contribution in [1.29, 1.82) is 0 Å². The minimum absolute atomic E-state index is 0.0153. The van der Waals surface area contributed by atoms with Gasteiger partial charge in [0, 0.05) is 11.3 Å². The molecule has 1 aromatic rings. The van der Waals surface area contributed by atoms with Crippen molar-refractivity contribution in [3.05, 3.63) is 33.9 Å². The van der Waals surface area contributed by atoms with Crippen LogP contribution in [0.2, 0.25) is 0 Å². The van der Waals surface area contributed by atoms with E-state index >= 15 is 0 Å². The maximum absolute atomic E-state index is 12.2. The lowest BCUT2D eigenvalue weighted by Crippen LogP contribution is -2.17. The van der Waals surface area contributed by atoms with E-state index in [4.69, 9.17) is 17.0 Å². The van der Waals surface area contributed by atoms with Gasteiger partial charge in [0.25, 0.3) is 15.9 Å². The first-order chi connectivity index (χ1) is 9.42. The lowest BCUT2D eigenvalue weighted by atomic mass is 10.2. The molecular weight excluding hydrogens is 366 g/mol. The lowest BCUT2D eigenvalue weighted by molar-refractivity contribution is 0.397. The SMILES string of the molecule is COc1nc(Br)cnc1NS(=O)(=O)C1=CC(=S)CC=C1. The molecule has 1 aromatic heterocycles. The Morgan fingerprint density at radius 2 is 2.25 bits per heavy atom. The number of thiocarbonyl (C=S) groups is 1. The first-order valence-electron chi connectivity index (χ1n) is 5.43. The number of methoxy groups -OCH3 is 1. The van der Waals surface area contributed by atoms with Crippen LogP contribution in [-0.2, 0) is 10.0 Å². The summed E-state index contributed by atoms with van der Waals surface area (Å²) >= 11 is 8.13. The molecule has 6 nitrogen and oxygen atoms in total. The summed E-state index contributed by atoms with van der Waals surface area (Å²) in [5.74, 6) is 0.0902. The van der Waals surface area contributed by atoms with Gasteiger partial charge in [-0.25, -0.2) is 18.4 Å². The van der Waals surface area contributed by atoms with Crippen molar-refractivity contribution in [3.63, 3.8) is 0 Å². The Bertz CT molecular complexity index is 714. The summed E-state index contributed by atoms with van der Waals surface area (Å²) in [4.78, 5) is 8.56. The first kappa shape index (κ1) is 15.1. The number of nitrogens with one attached hydrogen (secondary N) is 1. The second-order valence-electron chi connectivity index (χ2n) is 3.78. The molecule has 0 bridgehead atoms. The van der Waals surface area contributed by atoms with Crippen LogP contribution in [0.4, 0.5) is 5.82 Å². The second kappa shape index (κ2) is 5.98. The van der Waals surface area contributed by atoms with Crippen LogP contribution in [0.15, 0.2) is 33.9 Å². The maximum atomic E-state index is 12.2. The molecule has 106 valence electrons. The van der Waals surface area contributed by atoms with E-state index in [0.717, 1.165) is 0 Å². The Hall–Kier alpha value is -1.32. The molecule has 0 aliphatic heterocycles. The molecule has 0 amide bonds. The smallest absolute Gasteiger partial charge is 0.263 e. The maximum Gasteiger partial charge on any atom is 0.263 e. The van der Waals surface area contributed by atoms with E-state index in [1.807, 2.05) is 0 Å². The molecule has 1 aliphatic rings. The zero-order chi connectivity index (χ0) is 14.8. The van der Waals surface area contributed by atoms with Crippen LogP contribution >= 0.6 is 28.1 Å². The standard InChI is InChI=1S/C11H10BrN3O3S2/c1-18-11-10(13-6-9(12)14-11)15-20(16,17)8-4-2-3-7(19)5-8/h2,4-6H,3H2,1H3,(H,13,15). The number of anilines is 1. The zero-order valence-corrected chi connectivity index (χ0v) is 13.5. The van der Waals surface area contributed by atoms with Crippen molar-refractivity contribution in [1.82, 2.24) is 9.97 Å². The summed E-state index contributed by atoms with van der Waals surface area (Å²) in [5.41, 5.74) is 0.